The Kier molecular flexibility index (Phi) is 25.8. The van der Waals surface area contributed by atoms with Crippen molar-refractivity contribution in [2.75, 3.05) is 26.9 Å². The first kappa shape index (κ1) is 25.4. The van der Waals surface area contributed by atoms with Gasteiger partial charge in [0.1, 0.15) is 0 Å². The molecule has 0 aliphatic heterocycles. The van der Waals surface area contributed by atoms with Crippen LogP contribution < -0.4 is 0 Å². The summed E-state index contributed by atoms with van der Waals surface area (Å²) >= 11 is 0. The van der Waals surface area contributed by atoms with Crippen molar-refractivity contribution < 1.29 is 19.4 Å². The normalized spacial score (nSPS) is 9.96. The van der Waals surface area contributed by atoms with Gasteiger partial charge in [0.25, 0.3) is 0 Å². The van der Waals surface area contributed by atoms with Gasteiger partial charge in [-0.05, 0) is 19.3 Å². The van der Waals surface area contributed by atoms with Crippen molar-refractivity contribution >= 4 is 5.97 Å². The van der Waals surface area contributed by atoms with Gasteiger partial charge in [-0.25, -0.2) is 4.79 Å². The second-order valence-electron chi connectivity index (χ2n) is 5.95. The van der Waals surface area contributed by atoms with Crippen molar-refractivity contribution in [3.63, 3.8) is 0 Å². The van der Waals surface area contributed by atoms with Crippen LogP contribution >= 0.6 is 0 Å². The lowest BCUT2D eigenvalue weighted by molar-refractivity contribution is -0.134. The molecule has 0 rings (SSSR count). The second kappa shape index (κ2) is 24.4. The Morgan fingerprint density at radius 1 is 0.875 bits per heavy atom. The van der Waals surface area contributed by atoms with E-state index in [-0.39, 0.29) is 0 Å². The largest absolute Gasteiger partial charge is 0.466 e. The Hall–Kier alpha value is -0.870. The molecule has 144 valence electrons. The third kappa shape index (κ3) is 26.0. The Labute approximate surface area is 149 Å². The summed E-state index contributed by atoms with van der Waals surface area (Å²) in [7, 11) is 1.31. The molecule has 24 heavy (non-hydrogen) atoms. The van der Waals surface area contributed by atoms with Crippen molar-refractivity contribution in [2.45, 2.75) is 84.0 Å². The zero-order valence-corrected chi connectivity index (χ0v) is 16.1. The van der Waals surface area contributed by atoms with Crippen LogP contribution in [0.2, 0.25) is 0 Å². The van der Waals surface area contributed by atoms with Crippen LogP contribution in [-0.4, -0.2) is 38.0 Å². The molecule has 0 aromatic rings. The van der Waals surface area contributed by atoms with Crippen LogP contribution in [0, 0.1) is 0 Å². The van der Waals surface area contributed by atoms with E-state index in [2.05, 4.69) is 18.2 Å². The Morgan fingerprint density at radius 2 is 1.33 bits per heavy atom. The predicted molar refractivity (Wildman–Crippen MR) is 101 cm³/mol. The maximum atomic E-state index is 9.84. The number of methoxy groups -OCH3 is 1. The summed E-state index contributed by atoms with van der Waals surface area (Å²) in [6.07, 6.45) is 16.7. The van der Waals surface area contributed by atoms with Crippen LogP contribution in [0.15, 0.2) is 12.7 Å². The number of aliphatic hydroxyl groups excluding tert-OH is 1. The number of rotatable bonds is 16. The number of ether oxygens (including phenoxy) is 2. The number of hydrogen-bond donors (Lipinski definition) is 1. The van der Waals surface area contributed by atoms with E-state index >= 15 is 0 Å². The van der Waals surface area contributed by atoms with Gasteiger partial charge in [-0.3, -0.25) is 0 Å². The molecule has 0 fully saturated rings. The molecule has 0 heterocycles. The molecule has 0 aliphatic carbocycles. The summed E-state index contributed by atoms with van der Waals surface area (Å²) in [6.45, 7) is 7.44. The highest BCUT2D eigenvalue weighted by Gasteiger charge is 1.93. The smallest absolute Gasteiger partial charge is 0.329 e. The average molecular weight is 345 g/mol. The number of hydrogen-bond acceptors (Lipinski definition) is 4. The first-order valence-corrected chi connectivity index (χ1v) is 9.61. The standard InChI is InChI=1S/C16H34O2.C4H6O2/c1-2-3-4-5-6-7-8-9-10-12-15-18-16-13-11-14-17;1-3-4(5)6-2/h17H,2-16H2,1H3;3H,1H2,2H3. The van der Waals surface area contributed by atoms with Gasteiger partial charge in [-0.2, -0.15) is 0 Å². The monoisotopic (exact) mass is 344 g/mol. The van der Waals surface area contributed by atoms with Crippen LogP contribution in [0.4, 0.5) is 0 Å². The summed E-state index contributed by atoms with van der Waals surface area (Å²) < 4.78 is 9.64. The minimum Gasteiger partial charge on any atom is -0.466 e. The fourth-order valence-corrected chi connectivity index (χ4v) is 2.19. The van der Waals surface area contributed by atoms with Crippen LogP contribution in [0.25, 0.3) is 0 Å². The Morgan fingerprint density at radius 3 is 1.71 bits per heavy atom. The van der Waals surface area contributed by atoms with Gasteiger partial charge in [-0.15, -0.1) is 0 Å². The maximum Gasteiger partial charge on any atom is 0.329 e. The summed E-state index contributed by atoms with van der Waals surface area (Å²) in [5.41, 5.74) is 0. The van der Waals surface area contributed by atoms with Crippen molar-refractivity contribution in [1.29, 1.82) is 0 Å². The van der Waals surface area contributed by atoms with Crippen LogP contribution in [0.1, 0.15) is 84.0 Å². The van der Waals surface area contributed by atoms with E-state index in [0.717, 1.165) is 32.1 Å². The summed E-state index contributed by atoms with van der Waals surface area (Å²) in [6, 6.07) is 0. The minimum atomic E-state index is -0.394. The van der Waals surface area contributed by atoms with Gasteiger partial charge in [0, 0.05) is 25.9 Å². The first-order valence-electron chi connectivity index (χ1n) is 9.61. The number of unbranched alkanes of at least 4 members (excludes halogenated alkanes) is 10. The predicted octanol–water partition coefficient (Wildman–Crippen LogP) is 5.04. The fraction of sp³-hybridized carbons (Fsp3) is 0.850. The number of carbonyl (C=O) groups excluding carboxylic acids is 1. The van der Waals surface area contributed by atoms with Gasteiger partial charge in [0.2, 0.25) is 0 Å². The highest BCUT2D eigenvalue weighted by Crippen LogP contribution is 2.10. The quantitative estimate of drug-likeness (QED) is 0.242. The second-order valence-corrected chi connectivity index (χ2v) is 5.95. The molecule has 0 saturated heterocycles. The first-order chi connectivity index (χ1) is 11.7. The van der Waals surface area contributed by atoms with Crippen molar-refractivity contribution in [2.24, 2.45) is 0 Å². The van der Waals surface area contributed by atoms with Gasteiger partial charge in [-0.1, -0.05) is 71.3 Å². The maximum absolute atomic E-state index is 9.84. The molecule has 1 N–H and O–H groups in total. The summed E-state index contributed by atoms with van der Waals surface area (Å²) in [5.74, 6) is -0.394. The lowest BCUT2D eigenvalue weighted by atomic mass is 10.1. The van der Waals surface area contributed by atoms with E-state index in [1.54, 1.807) is 0 Å². The average Bonchev–Trinajstić information content (AvgIpc) is 2.62. The van der Waals surface area contributed by atoms with Gasteiger partial charge in [0.15, 0.2) is 0 Å². The number of esters is 1. The Bertz CT molecular complexity index is 238. The molecule has 0 aromatic heterocycles. The molecular weight excluding hydrogens is 304 g/mol. The molecular formula is C20H40O4. The van der Waals surface area contributed by atoms with Gasteiger partial charge < -0.3 is 14.6 Å². The third-order valence-electron chi connectivity index (χ3n) is 3.71. The van der Waals surface area contributed by atoms with E-state index in [1.165, 1.54) is 71.3 Å². The number of aliphatic hydroxyl groups is 1. The molecule has 0 bridgehead atoms. The lowest BCUT2D eigenvalue weighted by Crippen LogP contribution is -1.98. The molecule has 4 heteroatoms. The summed E-state index contributed by atoms with van der Waals surface area (Å²) in [5, 5.41) is 8.60. The molecule has 0 atom stereocenters. The van der Waals surface area contributed by atoms with Crippen LogP contribution in [0.5, 0.6) is 0 Å². The topological polar surface area (TPSA) is 55.8 Å². The van der Waals surface area contributed by atoms with Gasteiger partial charge >= 0.3 is 5.97 Å². The summed E-state index contributed by atoms with van der Waals surface area (Å²) in [4.78, 5) is 9.84. The Balaban J connectivity index is 0. The van der Waals surface area contributed by atoms with Crippen molar-refractivity contribution in [3.05, 3.63) is 12.7 Å². The van der Waals surface area contributed by atoms with Crippen molar-refractivity contribution in [1.82, 2.24) is 0 Å². The zero-order chi connectivity index (χ0) is 18.3. The van der Waals surface area contributed by atoms with Crippen LogP contribution in [0.3, 0.4) is 0 Å². The minimum absolute atomic E-state index is 0.293. The van der Waals surface area contributed by atoms with E-state index in [0.29, 0.717) is 6.61 Å². The molecule has 0 radical (unpaired) electrons. The van der Waals surface area contributed by atoms with E-state index in [9.17, 15) is 4.79 Å². The molecule has 0 unspecified atom stereocenters. The zero-order valence-electron chi connectivity index (χ0n) is 16.1. The molecule has 0 amide bonds. The van der Waals surface area contributed by atoms with E-state index < -0.39 is 5.97 Å². The molecule has 0 spiro atoms. The fourth-order valence-electron chi connectivity index (χ4n) is 2.19. The van der Waals surface area contributed by atoms with Gasteiger partial charge in [0.05, 0.1) is 7.11 Å². The van der Waals surface area contributed by atoms with Crippen molar-refractivity contribution in [3.8, 4) is 0 Å². The SMILES string of the molecule is C=CC(=O)OC.CCCCCCCCCCCCOCCCCO. The molecule has 0 aliphatic rings. The molecule has 0 aromatic carbocycles. The van der Waals surface area contributed by atoms with E-state index in [4.69, 9.17) is 9.84 Å². The molecule has 0 saturated carbocycles. The van der Waals surface area contributed by atoms with E-state index in [1.807, 2.05) is 0 Å². The highest BCUT2D eigenvalue weighted by molar-refractivity contribution is 5.80. The van der Waals surface area contributed by atoms with Crippen LogP contribution in [-0.2, 0) is 14.3 Å². The highest BCUT2D eigenvalue weighted by atomic mass is 16.5. The third-order valence-corrected chi connectivity index (χ3v) is 3.71. The molecule has 4 nitrogen and oxygen atoms in total. The lowest BCUT2D eigenvalue weighted by Gasteiger charge is -2.04. The number of carbonyl (C=O) groups is 1.